The first-order chi connectivity index (χ1) is 28.3. The zero-order valence-corrected chi connectivity index (χ0v) is 34.5. The zero-order valence-electron chi connectivity index (χ0n) is 33.7. The molecule has 3 saturated heterocycles. The highest BCUT2D eigenvalue weighted by Crippen LogP contribution is 2.39. The van der Waals surface area contributed by atoms with Gasteiger partial charge in [-0.05, 0) is 150 Å². The van der Waals surface area contributed by atoms with Crippen molar-refractivity contribution in [3.05, 3.63) is 101 Å². The van der Waals surface area contributed by atoms with Crippen LogP contribution in [0, 0.1) is 11.6 Å². The smallest absolute Gasteiger partial charge is 0.387 e. The molecule has 0 saturated carbocycles. The number of alkyl halides is 6. The van der Waals surface area contributed by atoms with Crippen LogP contribution in [0.2, 0.25) is 5.02 Å². The number of hydrogen-bond donors (Lipinski definition) is 0. The highest BCUT2D eigenvalue weighted by molar-refractivity contribution is 6.32. The van der Waals surface area contributed by atoms with E-state index in [-0.39, 0.29) is 29.1 Å². The third-order valence-corrected chi connectivity index (χ3v) is 11.5. The second kappa shape index (κ2) is 24.6. The van der Waals surface area contributed by atoms with Crippen molar-refractivity contribution in [1.29, 1.82) is 0 Å². The average Bonchev–Trinajstić information content (AvgIpc) is 3.21. The summed E-state index contributed by atoms with van der Waals surface area (Å²) in [5.41, 5.74) is 1.90. The van der Waals surface area contributed by atoms with Gasteiger partial charge >= 0.3 is 19.8 Å². The van der Waals surface area contributed by atoms with Crippen molar-refractivity contribution in [3.63, 3.8) is 0 Å². The molecule has 328 valence electrons. The predicted octanol–water partition coefficient (Wildman–Crippen LogP) is 11.9. The Bertz CT molecular complexity index is 1700. The van der Waals surface area contributed by atoms with Crippen molar-refractivity contribution in [2.75, 3.05) is 58.9 Å². The van der Waals surface area contributed by atoms with Gasteiger partial charge in [-0.3, -0.25) is 4.90 Å². The summed E-state index contributed by atoms with van der Waals surface area (Å²) >= 11 is 6.21. The molecule has 3 aromatic rings. The van der Waals surface area contributed by atoms with Gasteiger partial charge in [-0.1, -0.05) is 67.9 Å². The van der Waals surface area contributed by atoms with E-state index in [2.05, 4.69) is 49.3 Å². The Morgan fingerprint density at radius 3 is 1.37 bits per heavy atom. The van der Waals surface area contributed by atoms with Gasteiger partial charge < -0.3 is 24.0 Å². The molecule has 3 heterocycles. The maximum absolute atomic E-state index is 14.2. The maximum Gasteiger partial charge on any atom is 0.387 e. The first kappa shape index (κ1) is 48.1. The minimum absolute atomic E-state index is 0.0530. The molecule has 0 unspecified atom stereocenters. The molecule has 59 heavy (non-hydrogen) atoms. The number of rotatable bonds is 14. The summed E-state index contributed by atoms with van der Waals surface area (Å²) in [4.78, 5) is 6.97. The maximum atomic E-state index is 14.2. The minimum atomic E-state index is -3.01. The van der Waals surface area contributed by atoms with E-state index >= 15 is 0 Å². The van der Waals surface area contributed by atoms with Crippen LogP contribution in [-0.2, 0) is 0 Å². The van der Waals surface area contributed by atoms with Gasteiger partial charge in [-0.15, -0.1) is 6.58 Å². The van der Waals surface area contributed by atoms with Gasteiger partial charge in [0.25, 0.3) is 0 Å². The van der Waals surface area contributed by atoms with Gasteiger partial charge in [-0.2, -0.15) is 26.3 Å². The van der Waals surface area contributed by atoms with E-state index in [0.717, 1.165) is 109 Å². The summed E-state index contributed by atoms with van der Waals surface area (Å²) in [5.74, 6) is -1.47. The number of nitrogens with zero attached hydrogens (tertiary/aromatic N) is 3. The molecule has 15 heteroatoms. The SMILES string of the molecule is C=CCN1CCC(c2cccc(OC(F)F)c2F)CC1.CCCN1CCC(c2cccc(OC(F)F)c2Cl)CC1.CCN1CCC(c2cccc(OC(F)F)c2F)CC1. The standard InChI is InChI=1S/C15H20ClF2NO.C15H18F3NO.C14H18F3NO/c2*1-2-8-19-9-6-11(7-10-19)12-4-3-5-13(14(12)16)20-15(17)18;1-2-18-8-6-10(7-9-18)11-4-3-5-12(13(11)15)19-14(16)17/h3-5,11,15H,2,6-10H2,1H3;2-5,11,15H,1,6-10H2;3-5,10,14H,2,6-9H2,1H3. The fourth-order valence-electron chi connectivity index (χ4n) is 8.04. The van der Waals surface area contributed by atoms with E-state index in [1.54, 1.807) is 30.3 Å². The van der Waals surface area contributed by atoms with Crippen molar-refractivity contribution in [2.24, 2.45) is 0 Å². The summed E-state index contributed by atoms with van der Waals surface area (Å²) in [5, 5.41) is 0.335. The topological polar surface area (TPSA) is 37.4 Å². The minimum Gasteiger partial charge on any atom is -0.433 e. The molecule has 0 spiro atoms. The Balaban J connectivity index is 0.000000196. The second-order valence-electron chi connectivity index (χ2n) is 14.8. The largest absolute Gasteiger partial charge is 0.433 e. The molecule has 0 atom stereocenters. The lowest BCUT2D eigenvalue weighted by atomic mass is 9.89. The van der Waals surface area contributed by atoms with Crippen LogP contribution in [-0.4, -0.2) is 93.4 Å². The highest BCUT2D eigenvalue weighted by atomic mass is 35.5. The van der Waals surface area contributed by atoms with Gasteiger partial charge in [0.2, 0.25) is 0 Å². The van der Waals surface area contributed by atoms with Crippen LogP contribution >= 0.6 is 11.6 Å². The van der Waals surface area contributed by atoms with Crippen LogP contribution in [0.4, 0.5) is 35.1 Å². The number of likely N-dealkylation sites (tertiary alicyclic amines) is 3. The van der Waals surface area contributed by atoms with Gasteiger partial charge in [0.05, 0.1) is 5.02 Å². The summed E-state index contributed by atoms with van der Waals surface area (Å²) in [6.07, 6.45) is 8.34. The van der Waals surface area contributed by atoms with Gasteiger partial charge in [0.1, 0.15) is 5.75 Å². The quantitative estimate of drug-likeness (QED) is 0.119. The van der Waals surface area contributed by atoms with Crippen LogP contribution in [0.1, 0.15) is 93.2 Å². The molecule has 6 nitrogen and oxygen atoms in total. The monoisotopic (exact) mass is 861 g/mol. The van der Waals surface area contributed by atoms with Gasteiger partial charge in [0, 0.05) is 6.54 Å². The molecule has 0 aromatic heterocycles. The van der Waals surface area contributed by atoms with Crippen molar-refractivity contribution < 1.29 is 49.3 Å². The lowest BCUT2D eigenvalue weighted by Crippen LogP contribution is -2.33. The normalized spacial score (nSPS) is 17.7. The second-order valence-corrected chi connectivity index (χ2v) is 15.2. The summed E-state index contributed by atoms with van der Waals surface area (Å²) in [7, 11) is 0. The number of halogens is 9. The van der Waals surface area contributed by atoms with Gasteiger partial charge in [0.15, 0.2) is 23.1 Å². The fraction of sp³-hybridized carbons (Fsp3) is 0.545. The number of piperidine rings is 3. The summed E-state index contributed by atoms with van der Waals surface area (Å²) in [6.45, 7) is 7.68. The molecule has 3 aromatic carbocycles. The van der Waals surface area contributed by atoms with E-state index in [1.807, 2.05) is 12.1 Å². The molecule has 6 rings (SSSR count). The van der Waals surface area contributed by atoms with Crippen LogP contribution in [0.3, 0.4) is 0 Å². The number of benzene rings is 3. The Morgan fingerprint density at radius 1 is 0.593 bits per heavy atom. The van der Waals surface area contributed by atoms with Crippen LogP contribution in [0.5, 0.6) is 17.2 Å². The molecule has 3 aliphatic heterocycles. The van der Waals surface area contributed by atoms with E-state index in [9.17, 15) is 35.1 Å². The summed E-state index contributed by atoms with van der Waals surface area (Å²) < 4.78 is 115. The first-order valence-electron chi connectivity index (χ1n) is 20.3. The van der Waals surface area contributed by atoms with Crippen LogP contribution in [0.15, 0.2) is 67.3 Å². The summed E-state index contributed by atoms with van der Waals surface area (Å²) in [6, 6.07) is 14.1. The van der Waals surface area contributed by atoms with E-state index in [4.69, 9.17) is 11.6 Å². The molecule has 0 aliphatic carbocycles. The molecule has 0 amide bonds. The first-order valence-corrected chi connectivity index (χ1v) is 20.7. The van der Waals surface area contributed by atoms with E-state index in [1.165, 1.54) is 18.2 Å². The van der Waals surface area contributed by atoms with Crippen molar-refractivity contribution in [2.45, 2.75) is 96.4 Å². The average molecular weight is 862 g/mol. The molecule has 0 radical (unpaired) electrons. The third-order valence-electron chi connectivity index (χ3n) is 11.1. The Hall–Kier alpha value is -3.59. The lowest BCUT2D eigenvalue weighted by Gasteiger charge is -2.32. The Morgan fingerprint density at radius 2 is 0.966 bits per heavy atom. The van der Waals surface area contributed by atoms with Crippen molar-refractivity contribution in [1.82, 2.24) is 14.7 Å². The molecule has 3 aliphatic rings. The van der Waals surface area contributed by atoms with Crippen molar-refractivity contribution >= 4 is 11.6 Å². The van der Waals surface area contributed by atoms with E-state index < -0.39 is 31.5 Å². The van der Waals surface area contributed by atoms with E-state index in [0.29, 0.717) is 22.1 Å². The predicted molar refractivity (Wildman–Crippen MR) is 216 cm³/mol. The molecule has 3 fully saturated rings. The third kappa shape index (κ3) is 14.8. The van der Waals surface area contributed by atoms with Crippen molar-refractivity contribution in [3.8, 4) is 17.2 Å². The Labute approximate surface area is 348 Å². The van der Waals surface area contributed by atoms with Crippen LogP contribution < -0.4 is 14.2 Å². The molecular weight excluding hydrogens is 806 g/mol. The van der Waals surface area contributed by atoms with Gasteiger partial charge in [-0.25, -0.2) is 8.78 Å². The fourth-order valence-corrected chi connectivity index (χ4v) is 8.37. The zero-order chi connectivity index (χ0) is 42.9. The molecule has 0 bridgehead atoms. The highest BCUT2D eigenvalue weighted by Gasteiger charge is 2.27. The number of hydrogen-bond acceptors (Lipinski definition) is 6. The molecular formula is C44H56ClF8N3O3. The Kier molecular flexibility index (Phi) is 20.1. The lowest BCUT2D eigenvalue weighted by molar-refractivity contribution is -0.0529. The van der Waals surface area contributed by atoms with Crippen LogP contribution in [0.25, 0.3) is 0 Å². The molecule has 0 N–H and O–H groups in total. The number of ether oxygens (including phenoxy) is 3.